The zero-order chi connectivity index (χ0) is 12.4. The van der Waals surface area contributed by atoms with Gasteiger partial charge in [-0.2, -0.15) is 5.10 Å². The van der Waals surface area contributed by atoms with E-state index in [1.54, 1.807) is 6.26 Å². The quantitative estimate of drug-likeness (QED) is 0.699. The third-order valence-electron chi connectivity index (χ3n) is 3.01. The van der Waals surface area contributed by atoms with Crippen LogP contribution in [0, 0.1) is 6.92 Å². The minimum Gasteiger partial charge on any atom is -0.463 e. The Kier molecular flexibility index (Phi) is 2.73. The van der Waals surface area contributed by atoms with E-state index < -0.39 is 0 Å². The molecule has 0 spiro atoms. The number of rotatable bonds is 3. The van der Waals surface area contributed by atoms with Crippen LogP contribution in [0.25, 0.3) is 11.5 Å². The number of hydrogen-bond acceptors (Lipinski definition) is 2. The van der Waals surface area contributed by atoms with Crippen molar-refractivity contribution < 1.29 is 4.42 Å². The molecule has 3 aromatic rings. The summed E-state index contributed by atoms with van der Waals surface area (Å²) in [4.78, 5) is 0. The summed E-state index contributed by atoms with van der Waals surface area (Å²) in [5.41, 5.74) is 3.44. The number of nitrogens with zero attached hydrogens (tertiary/aromatic N) is 2. The van der Waals surface area contributed by atoms with Crippen LogP contribution in [0.5, 0.6) is 0 Å². The third-order valence-corrected chi connectivity index (χ3v) is 3.01. The second kappa shape index (κ2) is 4.53. The van der Waals surface area contributed by atoms with E-state index in [4.69, 9.17) is 4.42 Å². The average Bonchev–Trinajstić information content (AvgIpc) is 3.02. The Morgan fingerprint density at radius 3 is 2.78 bits per heavy atom. The predicted octanol–water partition coefficient (Wildman–Crippen LogP) is 3.50. The van der Waals surface area contributed by atoms with Gasteiger partial charge in [-0.05, 0) is 36.2 Å². The number of aromatic nitrogens is 2. The largest absolute Gasteiger partial charge is 0.463 e. The Morgan fingerprint density at radius 2 is 2.00 bits per heavy atom. The van der Waals surface area contributed by atoms with Gasteiger partial charge in [-0.15, -0.1) is 0 Å². The molecule has 0 aliphatic carbocycles. The van der Waals surface area contributed by atoms with Gasteiger partial charge in [0, 0.05) is 6.20 Å². The molecule has 2 aromatic heterocycles. The zero-order valence-electron chi connectivity index (χ0n) is 10.2. The fraction of sp³-hybridized carbons (Fsp3) is 0.133. The standard InChI is InChI=1S/C15H14N2O/c1-12-5-2-3-6-13(12)11-17-9-8-14(16-17)15-7-4-10-18-15/h2-10H,11H2,1H3. The van der Waals surface area contributed by atoms with Crippen LogP contribution in [0.2, 0.25) is 0 Å². The second-order valence-electron chi connectivity index (χ2n) is 4.30. The highest BCUT2D eigenvalue weighted by atomic mass is 16.3. The van der Waals surface area contributed by atoms with Crippen LogP contribution in [-0.2, 0) is 6.54 Å². The lowest BCUT2D eigenvalue weighted by atomic mass is 10.1. The van der Waals surface area contributed by atoms with Gasteiger partial charge in [-0.3, -0.25) is 4.68 Å². The number of benzene rings is 1. The summed E-state index contributed by atoms with van der Waals surface area (Å²) in [5, 5.41) is 4.51. The van der Waals surface area contributed by atoms with Crippen molar-refractivity contribution in [2.45, 2.75) is 13.5 Å². The number of aryl methyl sites for hydroxylation is 1. The summed E-state index contributed by atoms with van der Waals surface area (Å²) in [6, 6.07) is 14.1. The maximum Gasteiger partial charge on any atom is 0.154 e. The van der Waals surface area contributed by atoms with E-state index in [2.05, 4.69) is 36.3 Å². The van der Waals surface area contributed by atoms with Crippen molar-refractivity contribution in [3.63, 3.8) is 0 Å². The van der Waals surface area contributed by atoms with E-state index >= 15 is 0 Å². The molecular formula is C15H14N2O. The molecule has 0 bridgehead atoms. The minimum atomic E-state index is 0.785. The zero-order valence-corrected chi connectivity index (χ0v) is 10.2. The summed E-state index contributed by atoms with van der Waals surface area (Å²) in [5.74, 6) is 0.804. The molecule has 0 saturated carbocycles. The monoisotopic (exact) mass is 238 g/mol. The maximum atomic E-state index is 5.33. The molecule has 0 aliphatic heterocycles. The molecule has 0 fully saturated rings. The number of hydrogen-bond donors (Lipinski definition) is 0. The molecule has 0 radical (unpaired) electrons. The van der Waals surface area contributed by atoms with E-state index in [1.165, 1.54) is 11.1 Å². The van der Waals surface area contributed by atoms with Crippen molar-refractivity contribution in [1.29, 1.82) is 0 Å². The summed E-state index contributed by atoms with van der Waals surface area (Å²) in [6.07, 6.45) is 3.64. The summed E-state index contributed by atoms with van der Waals surface area (Å²) >= 11 is 0. The summed E-state index contributed by atoms with van der Waals surface area (Å²) < 4.78 is 7.26. The van der Waals surface area contributed by atoms with E-state index in [0.717, 1.165) is 18.0 Å². The lowest BCUT2D eigenvalue weighted by Gasteiger charge is -2.05. The van der Waals surface area contributed by atoms with Crippen LogP contribution in [0.3, 0.4) is 0 Å². The highest BCUT2D eigenvalue weighted by molar-refractivity contribution is 5.50. The van der Waals surface area contributed by atoms with Crippen LogP contribution in [0.1, 0.15) is 11.1 Å². The first-order valence-electron chi connectivity index (χ1n) is 5.95. The van der Waals surface area contributed by atoms with Crippen molar-refractivity contribution >= 4 is 0 Å². The molecule has 90 valence electrons. The third kappa shape index (κ3) is 2.07. The highest BCUT2D eigenvalue weighted by Gasteiger charge is 2.05. The van der Waals surface area contributed by atoms with Crippen LogP contribution >= 0.6 is 0 Å². The molecule has 0 atom stereocenters. The average molecular weight is 238 g/mol. The molecule has 0 unspecified atom stereocenters. The molecule has 1 aromatic carbocycles. The number of furan rings is 1. The SMILES string of the molecule is Cc1ccccc1Cn1ccc(-c2ccco2)n1. The van der Waals surface area contributed by atoms with Gasteiger partial charge in [0.1, 0.15) is 5.69 Å². The minimum absolute atomic E-state index is 0.785. The Labute approximate surface area is 106 Å². The summed E-state index contributed by atoms with van der Waals surface area (Å²) in [6.45, 7) is 2.90. The normalized spacial score (nSPS) is 10.7. The Bertz CT molecular complexity index is 638. The van der Waals surface area contributed by atoms with Crippen molar-refractivity contribution in [1.82, 2.24) is 9.78 Å². The van der Waals surface area contributed by atoms with Crippen LogP contribution in [0.15, 0.2) is 59.3 Å². The molecule has 3 rings (SSSR count). The van der Waals surface area contributed by atoms with Gasteiger partial charge in [-0.1, -0.05) is 24.3 Å². The van der Waals surface area contributed by atoms with Gasteiger partial charge >= 0.3 is 0 Å². The Hall–Kier alpha value is -2.29. The van der Waals surface area contributed by atoms with Crippen molar-refractivity contribution in [2.24, 2.45) is 0 Å². The molecule has 0 aliphatic rings. The predicted molar refractivity (Wildman–Crippen MR) is 70.2 cm³/mol. The molecule has 3 nitrogen and oxygen atoms in total. The Morgan fingerprint density at radius 1 is 1.11 bits per heavy atom. The molecule has 18 heavy (non-hydrogen) atoms. The van der Waals surface area contributed by atoms with Gasteiger partial charge < -0.3 is 4.42 Å². The van der Waals surface area contributed by atoms with Crippen molar-refractivity contribution in [2.75, 3.05) is 0 Å². The fourth-order valence-corrected chi connectivity index (χ4v) is 1.97. The molecule has 0 saturated heterocycles. The lowest BCUT2D eigenvalue weighted by Crippen LogP contribution is -2.01. The van der Waals surface area contributed by atoms with Gasteiger partial charge in [0.05, 0.1) is 12.8 Å². The summed E-state index contributed by atoms with van der Waals surface area (Å²) in [7, 11) is 0. The van der Waals surface area contributed by atoms with Gasteiger partial charge in [0.2, 0.25) is 0 Å². The van der Waals surface area contributed by atoms with Crippen molar-refractivity contribution in [3.8, 4) is 11.5 Å². The van der Waals surface area contributed by atoms with E-state index in [-0.39, 0.29) is 0 Å². The molecule has 0 amide bonds. The van der Waals surface area contributed by atoms with Gasteiger partial charge in [0.25, 0.3) is 0 Å². The fourth-order valence-electron chi connectivity index (χ4n) is 1.97. The first-order chi connectivity index (χ1) is 8.83. The first-order valence-corrected chi connectivity index (χ1v) is 5.95. The van der Waals surface area contributed by atoms with Crippen LogP contribution in [-0.4, -0.2) is 9.78 Å². The van der Waals surface area contributed by atoms with Gasteiger partial charge in [-0.25, -0.2) is 0 Å². The highest BCUT2D eigenvalue weighted by Crippen LogP contribution is 2.17. The van der Waals surface area contributed by atoms with E-state index in [9.17, 15) is 0 Å². The molecule has 0 N–H and O–H groups in total. The van der Waals surface area contributed by atoms with Crippen LogP contribution < -0.4 is 0 Å². The molecular weight excluding hydrogens is 224 g/mol. The Balaban J connectivity index is 1.85. The maximum absolute atomic E-state index is 5.33. The lowest BCUT2D eigenvalue weighted by molar-refractivity contribution is 0.576. The van der Waals surface area contributed by atoms with Crippen LogP contribution in [0.4, 0.5) is 0 Å². The second-order valence-corrected chi connectivity index (χ2v) is 4.30. The molecule has 3 heteroatoms. The van der Waals surface area contributed by atoms with Crippen molar-refractivity contribution in [3.05, 3.63) is 66.1 Å². The topological polar surface area (TPSA) is 31.0 Å². The van der Waals surface area contributed by atoms with Gasteiger partial charge in [0.15, 0.2) is 5.76 Å². The van der Waals surface area contributed by atoms with E-state index in [1.807, 2.05) is 29.1 Å². The smallest absolute Gasteiger partial charge is 0.154 e. The van der Waals surface area contributed by atoms with E-state index in [0.29, 0.717) is 0 Å². The first kappa shape index (κ1) is 10.8. The molecule has 2 heterocycles.